The number of carbonyl (C=O) groups is 1. The molecule has 0 aromatic carbocycles. The molecular formula is C17H18N4O2S. The summed E-state index contributed by atoms with van der Waals surface area (Å²) in [6, 6.07) is 7.43. The average Bonchev–Trinajstić information content (AvgIpc) is 3.17. The third kappa shape index (κ3) is 3.69. The lowest BCUT2D eigenvalue weighted by atomic mass is 10.1. The fourth-order valence-electron chi connectivity index (χ4n) is 2.22. The fraction of sp³-hybridized carbons (Fsp3) is 0.235. The number of anilines is 1. The molecule has 124 valence electrons. The van der Waals surface area contributed by atoms with Crippen molar-refractivity contribution in [3.8, 4) is 0 Å². The number of thiazole rings is 1. The summed E-state index contributed by atoms with van der Waals surface area (Å²) in [5.74, 6) is -0.231. The number of hydrogen-bond donors (Lipinski definition) is 2. The van der Waals surface area contributed by atoms with E-state index in [4.69, 9.17) is 0 Å². The lowest BCUT2D eigenvalue weighted by Gasteiger charge is -2.13. The van der Waals surface area contributed by atoms with Crippen LogP contribution in [0.1, 0.15) is 34.8 Å². The molecule has 0 unspecified atom stereocenters. The Morgan fingerprint density at radius 1 is 1.33 bits per heavy atom. The van der Waals surface area contributed by atoms with Crippen molar-refractivity contribution in [1.82, 2.24) is 14.5 Å². The van der Waals surface area contributed by atoms with Gasteiger partial charge in [0.05, 0.1) is 10.5 Å². The topological polar surface area (TPSA) is 80.0 Å². The van der Waals surface area contributed by atoms with Gasteiger partial charge in [-0.15, -0.1) is 0 Å². The van der Waals surface area contributed by atoms with Crippen molar-refractivity contribution in [3.63, 3.8) is 0 Å². The molecule has 0 spiro atoms. The smallest absolute Gasteiger partial charge is 0.274 e. The Hall–Kier alpha value is -2.51. The Balaban J connectivity index is 1.74. The molecule has 0 saturated heterocycles. The molecular weight excluding hydrogens is 324 g/mol. The van der Waals surface area contributed by atoms with E-state index in [-0.39, 0.29) is 5.91 Å². The summed E-state index contributed by atoms with van der Waals surface area (Å²) in [7, 11) is 0. The second-order valence-corrected chi connectivity index (χ2v) is 6.95. The van der Waals surface area contributed by atoms with Crippen LogP contribution in [0.25, 0.3) is 0 Å². The molecule has 0 fully saturated rings. The summed E-state index contributed by atoms with van der Waals surface area (Å²) in [4.78, 5) is 21.4. The third-order valence-electron chi connectivity index (χ3n) is 3.49. The molecule has 2 N–H and O–H groups in total. The van der Waals surface area contributed by atoms with E-state index in [1.807, 2.05) is 29.0 Å². The molecule has 0 radical (unpaired) electrons. The number of carbonyl (C=O) groups excluding carboxylic acids is 1. The van der Waals surface area contributed by atoms with Gasteiger partial charge in [-0.05, 0) is 43.7 Å². The Labute approximate surface area is 143 Å². The van der Waals surface area contributed by atoms with Crippen molar-refractivity contribution in [2.24, 2.45) is 0 Å². The number of aromatic nitrogens is 3. The molecule has 0 bridgehead atoms. The van der Waals surface area contributed by atoms with Crippen LogP contribution < -0.4 is 5.32 Å². The standard InChI is InChI=1S/C17H18N4O2S/c1-17(2,23)14-10-19-16(24-14)20-15(22)13-4-3-9-21(13)11-12-5-7-18-8-6-12/h3-10,23H,11H2,1-2H3,(H,19,20,22). The highest BCUT2D eigenvalue weighted by Crippen LogP contribution is 2.28. The van der Waals surface area contributed by atoms with Crippen LogP contribution in [-0.4, -0.2) is 25.5 Å². The molecule has 0 aliphatic heterocycles. The predicted octanol–water partition coefficient (Wildman–Crippen LogP) is 2.87. The zero-order valence-electron chi connectivity index (χ0n) is 13.4. The zero-order valence-corrected chi connectivity index (χ0v) is 14.2. The summed E-state index contributed by atoms with van der Waals surface area (Å²) in [5, 5.41) is 13.2. The SMILES string of the molecule is CC(C)(O)c1cnc(NC(=O)c2cccn2Cc2ccncc2)s1. The van der Waals surface area contributed by atoms with Gasteiger partial charge in [-0.2, -0.15) is 0 Å². The lowest BCUT2D eigenvalue weighted by Crippen LogP contribution is -2.17. The van der Waals surface area contributed by atoms with Crippen LogP contribution in [0, 0.1) is 0 Å². The van der Waals surface area contributed by atoms with Crippen LogP contribution in [0.15, 0.2) is 49.1 Å². The molecule has 3 aromatic rings. The number of nitrogens with one attached hydrogen (secondary N) is 1. The van der Waals surface area contributed by atoms with Gasteiger partial charge in [0, 0.05) is 31.3 Å². The summed E-state index contributed by atoms with van der Waals surface area (Å²) >= 11 is 1.26. The molecule has 0 aliphatic carbocycles. The first kappa shape index (κ1) is 16.4. The van der Waals surface area contributed by atoms with Crippen molar-refractivity contribution in [2.75, 3.05) is 5.32 Å². The summed E-state index contributed by atoms with van der Waals surface area (Å²) in [6.45, 7) is 3.96. The maximum absolute atomic E-state index is 12.5. The number of aliphatic hydroxyl groups is 1. The van der Waals surface area contributed by atoms with Crippen molar-refractivity contribution >= 4 is 22.4 Å². The molecule has 3 rings (SSSR count). The average molecular weight is 342 g/mol. The van der Waals surface area contributed by atoms with E-state index >= 15 is 0 Å². The maximum atomic E-state index is 12.5. The van der Waals surface area contributed by atoms with E-state index < -0.39 is 5.60 Å². The quantitative estimate of drug-likeness (QED) is 0.747. The summed E-state index contributed by atoms with van der Waals surface area (Å²) in [5.41, 5.74) is 0.642. The number of amides is 1. The van der Waals surface area contributed by atoms with Gasteiger partial charge < -0.3 is 9.67 Å². The highest BCUT2D eigenvalue weighted by Gasteiger charge is 2.20. The first-order chi connectivity index (χ1) is 11.4. The highest BCUT2D eigenvalue weighted by molar-refractivity contribution is 7.15. The molecule has 24 heavy (non-hydrogen) atoms. The van der Waals surface area contributed by atoms with Gasteiger partial charge in [0.15, 0.2) is 5.13 Å². The van der Waals surface area contributed by atoms with Crippen molar-refractivity contribution in [3.05, 3.63) is 65.2 Å². The van der Waals surface area contributed by atoms with Crippen LogP contribution in [0.4, 0.5) is 5.13 Å². The van der Waals surface area contributed by atoms with Gasteiger partial charge in [-0.1, -0.05) is 11.3 Å². The van der Waals surface area contributed by atoms with Gasteiger partial charge in [0.2, 0.25) is 0 Å². The molecule has 0 saturated carbocycles. The van der Waals surface area contributed by atoms with E-state index in [1.54, 1.807) is 38.5 Å². The number of rotatable bonds is 5. The largest absolute Gasteiger partial charge is 0.385 e. The highest BCUT2D eigenvalue weighted by atomic mass is 32.1. The van der Waals surface area contributed by atoms with E-state index in [9.17, 15) is 9.90 Å². The number of pyridine rings is 1. The number of nitrogens with zero attached hydrogens (tertiary/aromatic N) is 3. The normalized spacial score (nSPS) is 11.5. The second kappa shape index (κ2) is 6.54. The summed E-state index contributed by atoms with van der Waals surface area (Å²) in [6.07, 6.45) is 6.90. The van der Waals surface area contributed by atoms with Gasteiger partial charge in [-0.25, -0.2) is 4.98 Å². The Morgan fingerprint density at radius 2 is 2.08 bits per heavy atom. The molecule has 7 heteroatoms. The zero-order chi connectivity index (χ0) is 17.2. The molecule has 3 aromatic heterocycles. The summed E-state index contributed by atoms with van der Waals surface area (Å²) < 4.78 is 1.87. The van der Waals surface area contributed by atoms with Crippen molar-refractivity contribution < 1.29 is 9.90 Å². The fourth-order valence-corrected chi connectivity index (χ4v) is 3.03. The van der Waals surface area contributed by atoms with Gasteiger partial charge in [0.25, 0.3) is 5.91 Å². The minimum absolute atomic E-state index is 0.231. The Kier molecular flexibility index (Phi) is 4.46. The van der Waals surface area contributed by atoms with Gasteiger partial charge >= 0.3 is 0 Å². The molecule has 0 atom stereocenters. The Bertz CT molecular complexity index is 834. The van der Waals surface area contributed by atoms with E-state index in [2.05, 4.69) is 15.3 Å². The molecule has 0 aliphatic rings. The van der Waals surface area contributed by atoms with Gasteiger partial charge in [0.1, 0.15) is 5.69 Å². The third-order valence-corrected chi connectivity index (χ3v) is 4.72. The van der Waals surface area contributed by atoms with Crippen molar-refractivity contribution in [2.45, 2.75) is 26.0 Å². The first-order valence-electron chi connectivity index (χ1n) is 7.47. The predicted molar refractivity (Wildman–Crippen MR) is 93.1 cm³/mol. The van der Waals surface area contributed by atoms with Crippen molar-refractivity contribution in [1.29, 1.82) is 0 Å². The maximum Gasteiger partial charge on any atom is 0.274 e. The Morgan fingerprint density at radius 3 is 2.75 bits per heavy atom. The number of hydrogen-bond acceptors (Lipinski definition) is 5. The molecule has 1 amide bonds. The van der Waals surface area contributed by atoms with Crippen LogP contribution in [0.3, 0.4) is 0 Å². The minimum atomic E-state index is -0.970. The van der Waals surface area contributed by atoms with Crippen LogP contribution in [0.5, 0.6) is 0 Å². The second-order valence-electron chi connectivity index (χ2n) is 5.92. The van der Waals surface area contributed by atoms with E-state index in [0.717, 1.165) is 5.56 Å². The molecule has 3 heterocycles. The minimum Gasteiger partial charge on any atom is -0.385 e. The van der Waals surface area contributed by atoms with E-state index in [1.165, 1.54) is 11.3 Å². The van der Waals surface area contributed by atoms with Crippen LogP contribution in [0.2, 0.25) is 0 Å². The monoisotopic (exact) mass is 342 g/mol. The van der Waals surface area contributed by atoms with Crippen LogP contribution in [-0.2, 0) is 12.1 Å². The van der Waals surface area contributed by atoms with Crippen LogP contribution >= 0.6 is 11.3 Å². The van der Waals surface area contributed by atoms with Gasteiger partial charge in [-0.3, -0.25) is 15.1 Å². The first-order valence-corrected chi connectivity index (χ1v) is 8.29. The molecule has 6 nitrogen and oxygen atoms in total. The van der Waals surface area contributed by atoms with E-state index in [0.29, 0.717) is 22.2 Å². The lowest BCUT2D eigenvalue weighted by molar-refractivity contribution is 0.0823.